The number of alkyl halides is 6. The predicted molar refractivity (Wildman–Crippen MR) is 83.3 cm³/mol. The standard InChI is InChI=1S/C8H13ClNSi.C2F6NO4S2/c1-11(2,9)8-10-6-4-3-5-7-10;3-1(4,5)14(10,11)9-15(12,13)2(6,7)8/h3-7H,8H2,1-2H3;/q+1;-1. The molecule has 16 heteroatoms. The molecule has 0 fully saturated rings. The molecule has 0 aliphatic rings. The molecule has 26 heavy (non-hydrogen) atoms. The second-order valence-corrected chi connectivity index (χ2v) is 15.4. The predicted octanol–water partition coefficient (Wildman–Crippen LogP) is 3.02. The number of hydrogen-bond acceptors (Lipinski definition) is 4. The summed E-state index contributed by atoms with van der Waals surface area (Å²) in [6.45, 7) is 4.29. The SMILES string of the molecule is C[Si](C)(Cl)C[n+]1ccccc1.O=S(=O)([N-]S(=O)(=O)C(F)(F)F)C(F)(F)F. The van der Waals surface area contributed by atoms with Gasteiger partial charge in [-0.05, 0) is 0 Å². The van der Waals surface area contributed by atoms with Crippen molar-refractivity contribution in [1.82, 2.24) is 0 Å². The Morgan fingerprint density at radius 1 is 0.885 bits per heavy atom. The van der Waals surface area contributed by atoms with E-state index in [1.165, 1.54) is 0 Å². The fraction of sp³-hybridized carbons (Fsp3) is 0.500. The van der Waals surface area contributed by atoms with Crippen molar-refractivity contribution in [3.8, 4) is 0 Å². The van der Waals surface area contributed by atoms with Crippen LogP contribution >= 0.6 is 11.1 Å². The third-order valence-corrected chi connectivity index (χ3v) is 6.33. The Balaban J connectivity index is 0.000000502. The van der Waals surface area contributed by atoms with Crippen molar-refractivity contribution in [2.24, 2.45) is 0 Å². The van der Waals surface area contributed by atoms with E-state index in [1.807, 2.05) is 18.2 Å². The summed E-state index contributed by atoms with van der Waals surface area (Å²) in [7, 11) is -14.9. The molecule has 0 N–H and O–H groups in total. The van der Waals surface area contributed by atoms with Crippen molar-refractivity contribution in [3.63, 3.8) is 0 Å². The van der Waals surface area contributed by atoms with Gasteiger partial charge in [-0.2, -0.15) is 37.4 Å². The lowest BCUT2D eigenvalue weighted by atomic mass is 10.5. The van der Waals surface area contributed by atoms with Gasteiger partial charge in [-0.3, -0.25) is 0 Å². The second kappa shape index (κ2) is 8.41. The van der Waals surface area contributed by atoms with Crippen molar-refractivity contribution in [3.05, 3.63) is 34.7 Å². The zero-order valence-electron chi connectivity index (χ0n) is 13.1. The fourth-order valence-corrected chi connectivity index (χ4v) is 4.39. The van der Waals surface area contributed by atoms with Gasteiger partial charge in [0, 0.05) is 12.1 Å². The maximum atomic E-state index is 11.4. The topological polar surface area (TPSA) is 86.3 Å². The Labute approximate surface area is 151 Å². The molecule has 1 aromatic heterocycles. The molecule has 1 rings (SSSR count). The Morgan fingerprint density at radius 2 is 1.23 bits per heavy atom. The Hall–Kier alpha value is -0.903. The van der Waals surface area contributed by atoms with Crippen LogP contribution in [-0.4, -0.2) is 35.2 Å². The molecule has 0 aliphatic heterocycles. The average Bonchev–Trinajstić information content (AvgIpc) is 2.34. The van der Waals surface area contributed by atoms with Crippen LogP contribution in [0.4, 0.5) is 26.3 Å². The molecule has 152 valence electrons. The number of hydrogen-bond donors (Lipinski definition) is 0. The first-order valence-electron chi connectivity index (χ1n) is 6.28. The van der Waals surface area contributed by atoms with E-state index < -0.39 is 38.4 Å². The van der Waals surface area contributed by atoms with Gasteiger partial charge in [-0.25, -0.2) is 21.4 Å². The summed E-state index contributed by atoms with van der Waals surface area (Å²) in [5.74, 6) is 0. The number of aromatic nitrogens is 1. The highest BCUT2D eigenvalue weighted by atomic mass is 35.6. The first kappa shape index (κ1) is 25.1. The number of pyridine rings is 1. The Bertz CT molecular complexity index is 750. The van der Waals surface area contributed by atoms with Gasteiger partial charge in [0.05, 0.1) is 0 Å². The fourth-order valence-electron chi connectivity index (χ4n) is 1.19. The highest BCUT2D eigenvalue weighted by Gasteiger charge is 2.46. The highest BCUT2D eigenvalue weighted by molar-refractivity contribution is 8.13. The van der Waals surface area contributed by atoms with Gasteiger partial charge in [-0.1, -0.05) is 19.2 Å². The zero-order valence-corrected chi connectivity index (χ0v) is 16.5. The van der Waals surface area contributed by atoms with Gasteiger partial charge >= 0.3 is 11.0 Å². The molecule has 0 aliphatic carbocycles. The maximum Gasteiger partial charge on any atom is 0.480 e. The Morgan fingerprint density at radius 3 is 1.50 bits per heavy atom. The van der Waals surface area contributed by atoms with Crippen LogP contribution in [0.5, 0.6) is 0 Å². The van der Waals surface area contributed by atoms with Gasteiger partial charge in [0.2, 0.25) is 7.38 Å². The first-order valence-corrected chi connectivity index (χ1v) is 13.4. The minimum Gasteiger partial charge on any atom is -0.421 e. The smallest absolute Gasteiger partial charge is 0.421 e. The van der Waals surface area contributed by atoms with Crippen molar-refractivity contribution >= 4 is 38.5 Å². The largest absolute Gasteiger partial charge is 0.480 e. The lowest BCUT2D eigenvalue weighted by Gasteiger charge is -2.22. The van der Waals surface area contributed by atoms with E-state index in [4.69, 9.17) is 11.1 Å². The molecule has 0 aromatic carbocycles. The van der Waals surface area contributed by atoms with Crippen LogP contribution in [0.3, 0.4) is 0 Å². The quantitative estimate of drug-likeness (QED) is 0.295. The molecule has 0 bridgehead atoms. The lowest BCUT2D eigenvalue weighted by Crippen LogP contribution is -2.44. The molecular weight excluding hydrogens is 454 g/mol. The van der Waals surface area contributed by atoms with Crippen molar-refractivity contribution < 1.29 is 47.7 Å². The molecule has 0 saturated heterocycles. The molecule has 0 radical (unpaired) electrons. The third kappa shape index (κ3) is 8.66. The van der Waals surface area contributed by atoms with Crippen LogP contribution in [0.1, 0.15) is 0 Å². The summed E-state index contributed by atoms with van der Waals surface area (Å²) >= 11 is 6.19. The zero-order chi connectivity index (χ0) is 21.0. The Kier molecular flexibility index (Phi) is 8.12. The minimum atomic E-state index is -6.72. The third-order valence-electron chi connectivity index (χ3n) is 2.12. The number of sulfonamides is 2. The summed E-state index contributed by atoms with van der Waals surface area (Å²) < 4.78 is 111. The van der Waals surface area contributed by atoms with Gasteiger partial charge in [0.1, 0.15) is 6.17 Å². The van der Waals surface area contributed by atoms with Gasteiger partial charge < -0.3 is 4.13 Å². The van der Waals surface area contributed by atoms with Crippen LogP contribution in [0.25, 0.3) is 4.13 Å². The minimum absolute atomic E-state index is 0.778. The number of rotatable bonds is 4. The average molecular weight is 467 g/mol. The summed E-state index contributed by atoms with van der Waals surface area (Å²) in [4.78, 5) is 0. The summed E-state index contributed by atoms with van der Waals surface area (Å²) in [5, 5.41) is 0. The van der Waals surface area contributed by atoms with E-state index in [9.17, 15) is 43.2 Å². The van der Waals surface area contributed by atoms with Crippen molar-refractivity contribution in [1.29, 1.82) is 0 Å². The van der Waals surface area contributed by atoms with Crippen LogP contribution in [0.2, 0.25) is 13.1 Å². The molecule has 0 unspecified atom stereocenters. The monoisotopic (exact) mass is 466 g/mol. The van der Waals surface area contributed by atoms with E-state index >= 15 is 0 Å². The van der Waals surface area contributed by atoms with Gasteiger partial charge in [0.25, 0.3) is 0 Å². The highest BCUT2D eigenvalue weighted by Crippen LogP contribution is 2.36. The number of nitrogens with zero attached hydrogens (tertiary/aromatic N) is 2. The van der Waals surface area contributed by atoms with Crippen molar-refractivity contribution in [2.45, 2.75) is 30.3 Å². The summed E-state index contributed by atoms with van der Waals surface area (Å²) in [6, 6.07) is 6.06. The normalized spacial score (nSPS) is 13.7. The number of halogens is 7. The lowest BCUT2D eigenvalue weighted by molar-refractivity contribution is -0.680. The second-order valence-electron chi connectivity index (χ2n) is 5.18. The molecule has 1 heterocycles. The molecule has 0 spiro atoms. The van der Waals surface area contributed by atoms with Gasteiger partial charge in [-0.15, -0.1) is 0 Å². The first-order chi connectivity index (χ1) is 11.3. The van der Waals surface area contributed by atoms with Crippen molar-refractivity contribution in [2.75, 3.05) is 0 Å². The van der Waals surface area contributed by atoms with Crippen LogP contribution in [0, 0.1) is 0 Å². The maximum absolute atomic E-state index is 11.4. The van der Waals surface area contributed by atoms with Crippen LogP contribution < -0.4 is 4.57 Å². The molecule has 0 atom stereocenters. The van der Waals surface area contributed by atoms with E-state index in [2.05, 4.69) is 30.1 Å². The molecule has 1 aromatic rings. The van der Waals surface area contributed by atoms with E-state index in [0.717, 1.165) is 10.3 Å². The van der Waals surface area contributed by atoms with E-state index in [1.54, 1.807) is 0 Å². The summed E-state index contributed by atoms with van der Waals surface area (Å²) in [6.07, 6.45) is 5.09. The molecule has 6 nitrogen and oxygen atoms in total. The van der Waals surface area contributed by atoms with E-state index in [0.29, 0.717) is 0 Å². The summed E-state index contributed by atoms with van der Waals surface area (Å²) in [5.41, 5.74) is -12.4. The molecular formula is C10H13ClF6N2O4S2Si. The van der Waals surface area contributed by atoms with Gasteiger partial charge in [0.15, 0.2) is 32.4 Å². The van der Waals surface area contributed by atoms with Crippen LogP contribution in [0.15, 0.2) is 30.6 Å². The molecule has 0 saturated carbocycles. The van der Waals surface area contributed by atoms with E-state index in [-0.39, 0.29) is 0 Å². The van der Waals surface area contributed by atoms with Crippen LogP contribution in [-0.2, 0) is 26.2 Å². The molecule has 0 amide bonds.